The molecule has 0 amide bonds. The van der Waals surface area contributed by atoms with Crippen molar-refractivity contribution >= 4 is 34.3 Å². The van der Waals surface area contributed by atoms with Gasteiger partial charge in [-0.05, 0) is 42.8 Å². The zero-order chi connectivity index (χ0) is 21.9. The second-order valence-corrected chi connectivity index (χ2v) is 16.4. The fraction of sp³-hybridized carbons (Fsp3) is 0.455. The van der Waals surface area contributed by atoms with E-state index in [0.717, 1.165) is 11.1 Å². The fourth-order valence-electron chi connectivity index (χ4n) is 2.55. The molecule has 2 unspecified atom stereocenters. The monoisotopic (exact) mass is 497 g/mol. The van der Waals surface area contributed by atoms with Gasteiger partial charge >= 0.3 is 0 Å². The molecule has 0 heterocycles. The molecule has 2 aromatic rings. The van der Waals surface area contributed by atoms with Gasteiger partial charge in [-0.15, -0.1) is 0 Å². The van der Waals surface area contributed by atoms with Crippen LogP contribution in [-0.2, 0) is 14.4 Å². The van der Waals surface area contributed by atoms with E-state index in [0.29, 0.717) is 6.61 Å². The molecule has 0 bridgehead atoms. The van der Waals surface area contributed by atoms with Gasteiger partial charge in [0.1, 0.15) is 0 Å². The molecule has 4 nitrogen and oxygen atoms in total. The Morgan fingerprint density at radius 3 is 2.10 bits per heavy atom. The minimum Gasteiger partial charge on any atom is -0.415 e. The van der Waals surface area contributed by atoms with Crippen LogP contribution in [-0.4, -0.2) is 29.4 Å². The van der Waals surface area contributed by atoms with Gasteiger partial charge in [-0.2, -0.15) is 0 Å². The molecule has 0 aliphatic heterocycles. The van der Waals surface area contributed by atoms with Crippen molar-refractivity contribution in [2.24, 2.45) is 0 Å². The second kappa shape index (κ2) is 9.43. The number of sulfonamides is 1. The molecule has 0 aromatic heterocycles. The van der Waals surface area contributed by atoms with Crippen LogP contribution >= 0.6 is 15.9 Å². The Balaban J connectivity index is 2.30. The van der Waals surface area contributed by atoms with Gasteiger partial charge in [0.05, 0.1) is 22.4 Å². The van der Waals surface area contributed by atoms with Crippen LogP contribution in [0.25, 0.3) is 0 Å². The standard InChI is InChI=1S/C22H32BrNO3SSi/c1-17-12-14-19(15-13-17)28(25,26)24-20(16-27-29(5,6)22(2,3)4)21(23)18-10-8-7-9-11-18/h7-15,20-21,24H,16H2,1-6H3. The van der Waals surface area contributed by atoms with Gasteiger partial charge in [-0.1, -0.05) is 84.7 Å². The van der Waals surface area contributed by atoms with Crippen LogP contribution < -0.4 is 4.72 Å². The van der Waals surface area contributed by atoms with Gasteiger partial charge < -0.3 is 4.43 Å². The number of rotatable bonds is 8. The maximum absolute atomic E-state index is 13.0. The third kappa shape index (κ3) is 6.49. The zero-order valence-electron chi connectivity index (χ0n) is 18.1. The van der Waals surface area contributed by atoms with E-state index < -0.39 is 24.4 Å². The highest BCUT2D eigenvalue weighted by Crippen LogP contribution is 2.37. The first-order valence-electron chi connectivity index (χ1n) is 9.75. The zero-order valence-corrected chi connectivity index (χ0v) is 21.5. The topological polar surface area (TPSA) is 55.4 Å². The molecule has 7 heteroatoms. The molecule has 0 aliphatic rings. The van der Waals surface area contributed by atoms with E-state index in [9.17, 15) is 8.42 Å². The van der Waals surface area contributed by atoms with Crippen LogP contribution in [0.4, 0.5) is 0 Å². The Labute approximate surface area is 185 Å². The normalized spacial score (nSPS) is 15.1. The third-order valence-corrected chi connectivity index (χ3v) is 12.7. The molecule has 0 saturated heterocycles. The molecule has 0 saturated carbocycles. The molecular formula is C22H32BrNO3SSi. The van der Waals surface area contributed by atoms with Gasteiger partial charge in [0, 0.05) is 0 Å². The van der Waals surface area contributed by atoms with Gasteiger partial charge in [-0.25, -0.2) is 13.1 Å². The quantitative estimate of drug-likeness (QED) is 0.370. The Bertz CT molecular complexity index is 894. The Kier molecular flexibility index (Phi) is 7.90. The van der Waals surface area contributed by atoms with E-state index in [1.165, 1.54) is 0 Å². The van der Waals surface area contributed by atoms with Crippen molar-refractivity contribution in [3.05, 3.63) is 65.7 Å². The highest BCUT2D eigenvalue weighted by molar-refractivity contribution is 9.09. The molecule has 2 atom stereocenters. The van der Waals surface area contributed by atoms with Gasteiger partial charge in [0.2, 0.25) is 10.0 Å². The molecular weight excluding hydrogens is 466 g/mol. The van der Waals surface area contributed by atoms with E-state index in [2.05, 4.69) is 54.5 Å². The molecule has 2 aromatic carbocycles. The van der Waals surface area contributed by atoms with Gasteiger partial charge in [0.25, 0.3) is 0 Å². The first-order chi connectivity index (χ1) is 13.3. The molecule has 1 N–H and O–H groups in total. The summed E-state index contributed by atoms with van der Waals surface area (Å²) in [5.74, 6) is 0. The Hall–Kier alpha value is -0.993. The minimum atomic E-state index is -3.68. The molecule has 0 fully saturated rings. The average molecular weight is 499 g/mol. The molecule has 0 radical (unpaired) electrons. The van der Waals surface area contributed by atoms with Crippen molar-refractivity contribution in [2.45, 2.75) is 61.6 Å². The lowest BCUT2D eigenvalue weighted by Gasteiger charge is -2.38. The number of hydrogen-bond acceptors (Lipinski definition) is 3. The van der Waals surface area contributed by atoms with Crippen LogP contribution in [0.1, 0.15) is 36.7 Å². The summed E-state index contributed by atoms with van der Waals surface area (Å²) in [7, 11) is -5.71. The van der Waals surface area contributed by atoms with Crippen molar-refractivity contribution in [3.8, 4) is 0 Å². The summed E-state index contributed by atoms with van der Waals surface area (Å²) in [4.78, 5) is 0.0434. The van der Waals surface area contributed by atoms with Crippen LogP contribution in [0.15, 0.2) is 59.5 Å². The molecule has 0 aliphatic carbocycles. The van der Waals surface area contributed by atoms with E-state index in [-0.39, 0.29) is 14.8 Å². The maximum atomic E-state index is 13.0. The Morgan fingerprint density at radius 1 is 1.03 bits per heavy atom. The average Bonchev–Trinajstić information content (AvgIpc) is 2.64. The van der Waals surface area contributed by atoms with E-state index in [4.69, 9.17) is 4.43 Å². The van der Waals surface area contributed by atoms with Crippen molar-refractivity contribution < 1.29 is 12.8 Å². The van der Waals surface area contributed by atoms with Crippen molar-refractivity contribution in [1.82, 2.24) is 4.72 Å². The van der Waals surface area contributed by atoms with Crippen LogP contribution in [0.3, 0.4) is 0 Å². The summed E-state index contributed by atoms with van der Waals surface area (Å²) in [5.41, 5.74) is 2.02. The molecule has 160 valence electrons. The fourth-order valence-corrected chi connectivity index (χ4v) is 5.57. The predicted molar refractivity (Wildman–Crippen MR) is 127 cm³/mol. The SMILES string of the molecule is Cc1ccc(S(=O)(=O)NC(CO[Si](C)(C)C(C)(C)C)C(Br)c2ccccc2)cc1. The highest BCUT2D eigenvalue weighted by atomic mass is 79.9. The first kappa shape index (κ1) is 24.3. The molecule has 2 rings (SSSR count). The van der Waals surface area contributed by atoms with Gasteiger partial charge in [-0.3, -0.25) is 0 Å². The van der Waals surface area contributed by atoms with Crippen LogP contribution in [0.2, 0.25) is 18.1 Å². The number of benzene rings is 2. The smallest absolute Gasteiger partial charge is 0.240 e. The largest absolute Gasteiger partial charge is 0.415 e. The van der Waals surface area contributed by atoms with Crippen LogP contribution in [0.5, 0.6) is 0 Å². The third-order valence-electron chi connectivity index (χ3n) is 5.54. The highest BCUT2D eigenvalue weighted by Gasteiger charge is 2.38. The van der Waals surface area contributed by atoms with Crippen molar-refractivity contribution in [2.75, 3.05) is 6.61 Å². The lowest BCUT2D eigenvalue weighted by atomic mass is 10.1. The summed E-state index contributed by atoms with van der Waals surface area (Å²) in [5, 5.41) is 0.0436. The summed E-state index contributed by atoms with van der Waals surface area (Å²) in [6, 6.07) is 16.2. The summed E-state index contributed by atoms with van der Waals surface area (Å²) in [6.07, 6.45) is 0. The van der Waals surface area contributed by atoms with E-state index >= 15 is 0 Å². The number of hydrogen-bond donors (Lipinski definition) is 1. The summed E-state index contributed by atoms with van der Waals surface area (Å²) < 4.78 is 35.3. The summed E-state index contributed by atoms with van der Waals surface area (Å²) >= 11 is 3.72. The molecule has 0 spiro atoms. The predicted octanol–water partition coefficient (Wildman–Crippen LogP) is 5.80. The van der Waals surface area contributed by atoms with E-state index in [1.54, 1.807) is 24.3 Å². The first-order valence-corrected chi connectivity index (χ1v) is 15.1. The maximum Gasteiger partial charge on any atom is 0.240 e. The van der Waals surface area contributed by atoms with E-state index in [1.807, 2.05) is 37.3 Å². The van der Waals surface area contributed by atoms with Crippen molar-refractivity contribution in [1.29, 1.82) is 0 Å². The number of aryl methyl sites for hydroxylation is 1. The second-order valence-electron chi connectivity index (χ2n) is 8.92. The van der Waals surface area contributed by atoms with Gasteiger partial charge in [0.15, 0.2) is 8.32 Å². The number of alkyl halides is 1. The van der Waals surface area contributed by atoms with Crippen LogP contribution in [0, 0.1) is 6.92 Å². The lowest BCUT2D eigenvalue weighted by molar-refractivity contribution is 0.253. The number of nitrogens with one attached hydrogen (secondary N) is 1. The number of halogens is 1. The minimum absolute atomic E-state index is 0.0436. The lowest BCUT2D eigenvalue weighted by Crippen LogP contribution is -2.47. The molecule has 29 heavy (non-hydrogen) atoms. The van der Waals surface area contributed by atoms with Crippen molar-refractivity contribution in [3.63, 3.8) is 0 Å². The Morgan fingerprint density at radius 2 is 1.59 bits per heavy atom. The summed E-state index contributed by atoms with van der Waals surface area (Å²) in [6.45, 7) is 13.1.